The topological polar surface area (TPSA) is 75.4 Å². The van der Waals surface area contributed by atoms with Crippen LogP contribution in [0.25, 0.3) is 0 Å². The van der Waals surface area contributed by atoms with Gasteiger partial charge in [-0.25, -0.2) is 9.97 Å². The second-order valence-electron chi connectivity index (χ2n) is 6.26. The van der Waals surface area contributed by atoms with Gasteiger partial charge in [0, 0.05) is 25.3 Å². The third-order valence-electron chi connectivity index (χ3n) is 4.51. The Balaban J connectivity index is 2.09. The van der Waals surface area contributed by atoms with Crippen molar-refractivity contribution in [2.24, 2.45) is 0 Å². The maximum atomic E-state index is 11.9. The number of rotatable bonds is 5. The highest BCUT2D eigenvalue weighted by Gasteiger charge is 2.30. The molecule has 3 rings (SSSR count). The molecule has 0 bridgehead atoms. The molecule has 2 heterocycles. The normalized spacial score (nSPS) is 14.4. The molecule has 0 spiro atoms. The highest BCUT2D eigenvalue weighted by molar-refractivity contribution is 5.76. The lowest BCUT2D eigenvalue weighted by Gasteiger charge is -2.29. The second-order valence-corrected chi connectivity index (χ2v) is 6.26. The van der Waals surface area contributed by atoms with Gasteiger partial charge in [-0.15, -0.1) is 0 Å². The number of benzene rings is 1. The van der Waals surface area contributed by atoms with Crippen molar-refractivity contribution in [2.45, 2.75) is 33.1 Å². The first-order valence-electron chi connectivity index (χ1n) is 8.70. The summed E-state index contributed by atoms with van der Waals surface area (Å²) in [5, 5.41) is 11.9. The van der Waals surface area contributed by atoms with Gasteiger partial charge in [-0.2, -0.15) is 0 Å². The molecule has 0 radical (unpaired) electrons. The van der Waals surface area contributed by atoms with Gasteiger partial charge in [0.15, 0.2) is 0 Å². The largest absolute Gasteiger partial charge is 0.353 e. The van der Waals surface area contributed by atoms with E-state index >= 15 is 0 Å². The molecule has 1 aliphatic heterocycles. The van der Waals surface area contributed by atoms with Crippen LogP contribution in [0.2, 0.25) is 0 Å². The summed E-state index contributed by atoms with van der Waals surface area (Å²) < 4.78 is 0. The number of nitrogens with zero attached hydrogens (tertiary/aromatic N) is 5. The van der Waals surface area contributed by atoms with Crippen molar-refractivity contribution in [2.75, 3.05) is 29.4 Å². The lowest BCUT2D eigenvalue weighted by Crippen LogP contribution is -2.31. The van der Waals surface area contributed by atoms with E-state index in [0.717, 1.165) is 43.6 Å². The van der Waals surface area contributed by atoms with Gasteiger partial charge in [0.05, 0.1) is 4.92 Å². The summed E-state index contributed by atoms with van der Waals surface area (Å²) in [6, 6.07) is 7.91. The Morgan fingerprint density at radius 2 is 2.00 bits per heavy atom. The fourth-order valence-electron chi connectivity index (χ4n) is 3.31. The van der Waals surface area contributed by atoms with Gasteiger partial charge >= 0.3 is 5.69 Å². The zero-order valence-corrected chi connectivity index (χ0v) is 14.7. The number of piperidine rings is 1. The molecule has 1 aromatic carbocycles. The van der Waals surface area contributed by atoms with Crippen molar-refractivity contribution in [3.63, 3.8) is 0 Å². The van der Waals surface area contributed by atoms with Crippen LogP contribution in [0.4, 0.5) is 23.0 Å². The van der Waals surface area contributed by atoms with Gasteiger partial charge < -0.3 is 9.80 Å². The van der Waals surface area contributed by atoms with E-state index in [1.54, 1.807) is 0 Å². The highest BCUT2D eigenvalue weighted by atomic mass is 16.6. The van der Waals surface area contributed by atoms with Crippen LogP contribution in [-0.4, -0.2) is 34.5 Å². The molecule has 0 amide bonds. The average Bonchev–Trinajstić information content (AvgIpc) is 2.63. The van der Waals surface area contributed by atoms with Crippen LogP contribution < -0.4 is 9.80 Å². The molecule has 1 aliphatic rings. The van der Waals surface area contributed by atoms with Crippen molar-refractivity contribution in [3.8, 4) is 0 Å². The first kappa shape index (κ1) is 17.1. The summed E-state index contributed by atoms with van der Waals surface area (Å²) >= 11 is 0. The Labute approximate surface area is 147 Å². The smallest absolute Gasteiger partial charge is 0.351 e. The fourth-order valence-corrected chi connectivity index (χ4v) is 3.31. The molecule has 2 aromatic rings. The number of anilines is 3. The van der Waals surface area contributed by atoms with Crippen LogP contribution in [0, 0.1) is 17.0 Å². The lowest BCUT2D eigenvalue weighted by atomic mass is 10.1. The van der Waals surface area contributed by atoms with Crippen molar-refractivity contribution >= 4 is 23.0 Å². The molecule has 25 heavy (non-hydrogen) atoms. The highest BCUT2D eigenvalue weighted by Crippen LogP contribution is 2.38. The van der Waals surface area contributed by atoms with Crippen LogP contribution in [-0.2, 0) is 0 Å². The monoisotopic (exact) mass is 341 g/mol. The molecule has 0 unspecified atom stereocenters. The molecule has 0 atom stereocenters. The molecule has 132 valence electrons. The van der Waals surface area contributed by atoms with Crippen molar-refractivity contribution in [1.82, 2.24) is 9.97 Å². The third-order valence-corrected chi connectivity index (χ3v) is 4.51. The minimum Gasteiger partial charge on any atom is -0.351 e. The van der Waals surface area contributed by atoms with Gasteiger partial charge in [-0.1, -0.05) is 12.1 Å². The first-order valence-corrected chi connectivity index (χ1v) is 8.70. The number of aryl methyl sites for hydroxylation is 1. The second kappa shape index (κ2) is 7.46. The summed E-state index contributed by atoms with van der Waals surface area (Å²) in [5.74, 6) is 0.787. The van der Waals surface area contributed by atoms with Crippen molar-refractivity contribution < 1.29 is 4.92 Å². The van der Waals surface area contributed by atoms with E-state index in [9.17, 15) is 10.1 Å². The molecule has 0 saturated carbocycles. The van der Waals surface area contributed by atoms with Crippen LogP contribution >= 0.6 is 0 Å². The van der Waals surface area contributed by atoms with Crippen molar-refractivity contribution in [3.05, 3.63) is 46.3 Å². The maximum Gasteiger partial charge on any atom is 0.353 e. The lowest BCUT2D eigenvalue weighted by molar-refractivity contribution is -0.383. The molecule has 1 saturated heterocycles. The molecular weight excluding hydrogens is 318 g/mol. The zero-order chi connectivity index (χ0) is 17.8. The molecule has 0 N–H and O–H groups in total. The Morgan fingerprint density at radius 3 is 2.64 bits per heavy atom. The van der Waals surface area contributed by atoms with Crippen LogP contribution in [0.15, 0.2) is 30.6 Å². The van der Waals surface area contributed by atoms with Crippen LogP contribution in [0.5, 0.6) is 0 Å². The van der Waals surface area contributed by atoms with Crippen LogP contribution in [0.1, 0.15) is 31.7 Å². The molecule has 0 aliphatic carbocycles. The molecule has 7 heteroatoms. The summed E-state index contributed by atoms with van der Waals surface area (Å²) in [7, 11) is 0. The first-order chi connectivity index (χ1) is 12.1. The standard InChI is InChI=1S/C18H23N5O2/c1-3-22(15-9-7-8-14(2)12-15)18-16(23(24)25)17(19-13-20-18)21-10-5-4-6-11-21/h7-9,12-13H,3-6,10-11H2,1-2H3. The molecule has 1 aromatic heterocycles. The van der Waals surface area contributed by atoms with E-state index < -0.39 is 0 Å². The summed E-state index contributed by atoms with van der Waals surface area (Å²) in [4.78, 5) is 24.0. The van der Waals surface area contributed by atoms with Gasteiger partial charge in [0.2, 0.25) is 11.6 Å². The Hall–Kier alpha value is -2.70. The van der Waals surface area contributed by atoms with Crippen LogP contribution in [0.3, 0.4) is 0 Å². The van der Waals surface area contributed by atoms with Gasteiger partial charge in [-0.3, -0.25) is 10.1 Å². The van der Waals surface area contributed by atoms with E-state index in [1.165, 1.54) is 6.33 Å². The quantitative estimate of drug-likeness (QED) is 0.607. The summed E-state index contributed by atoms with van der Waals surface area (Å²) in [5.41, 5.74) is 1.99. The number of aromatic nitrogens is 2. The number of hydrogen-bond donors (Lipinski definition) is 0. The van der Waals surface area contributed by atoms with E-state index in [0.29, 0.717) is 18.2 Å². The Kier molecular flexibility index (Phi) is 5.11. The number of nitro groups is 1. The predicted octanol–water partition coefficient (Wildman–Crippen LogP) is 3.84. The maximum absolute atomic E-state index is 11.9. The zero-order valence-electron chi connectivity index (χ0n) is 14.7. The van der Waals surface area contributed by atoms with E-state index in [2.05, 4.69) is 9.97 Å². The summed E-state index contributed by atoms with van der Waals surface area (Å²) in [6.07, 6.45) is 4.66. The van der Waals surface area contributed by atoms with E-state index in [1.807, 2.05) is 47.9 Å². The molecular formula is C18H23N5O2. The van der Waals surface area contributed by atoms with E-state index in [-0.39, 0.29) is 10.6 Å². The SMILES string of the molecule is CCN(c1cccc(C)c1)c1ncnc(N2CCCCC2)c1[N+](=O)[O-]. The third kappa shape index (κ3) is 3.55. The predicted molar refractivity (Wildman–Crippen MR) is 98.6 cm³/mol. The minimum atomic E-state index is -0.349. The van der Waals surface area contributed by atoms with Crippen molar-refractivity contribution in [1.29, 1.82) is 0 Å². The summed E-state index contributed by atoms with van der Waals surface area (Å²) in [6.45, 7) is 6.15. The Bertz CT molecular complexity index is 759. The van der Waals surface area contributed by atoms with E-state index in [4.69, 9.17) is 0 Å². The van der Waals surface area contributed by atoms with Gasteiger partial charge in [0.1, 0.15) is 6.33 Å². The molecule has 1 fully saturated rings. The van der Waals surface area contributed by atoms with Gasteiger partial charge in [0.25, 0.3) is 0 Å². The fraction of sp³-hybridized carbons (Fsp3) is 0.444. The average molecular weight is 341 g/mol. The Morgan fingerprint density at radius 1 is 1.24 bits per heavy atom. The minimum absolute atomic E-state index is 0.00671. The molecule has 7 nitrogen and oxygen atoms in total. The van der Waals surface area contributed by atoms with Gasteiger partial charge in [-0.05, 0) is 50.8 Å². The number of hydrogen-bond acceptors (Lipinski definition) is 6.